The number of nitrogens with zero attached hydrogens (tertiary/aromatic N) is 4. The summed E-state index contributed by atoms with van der Waals surface area (Å²) in [5.41, 5.74) is 5.70. The van der Waals surface area contributed by atoms with E-state index < -0.39 is 26.4 Å². The third kappa shape index (κ3) is 5.64. The van der Waals surface area contributed by atoms with Crippen molar-refractivity contribution in [3.63, 3.8) is 0 Å². The number of hydrogen-bond acceptors (Lipinski definition) is 6. The number of aromatic nitrogens is 2. The van der Waals surface area contributed by atoms with Gasteiger partial charge in [0.25, 0.3) is 0 Å². The molecule has 0 spiro atoms. The Bertz CT molecular complexity index is 1200. The van der Waals surface area contributed by atoms with E-state index in [0.29, 0.717) is 0 Å². The lowest BCUT2D eigenvalue weighted by atomic mass is 9.99. The highest BCUT2D eigenvalue weighted by atomic mass is 32.2. The molecule has 11 heteroatoms. The van der Waals surface area contributed by atoms with Gasteiger partial charge in [-0.1, -0.05) is 12.0 Å². The van der Waals surface area contributed by atoms with Crippen molar-refractivity contribution in [1.29, 1.82) is 0 Å². The Kier molecular flexibility index (Phi) is 8.11. The zero-order valence-electron chi connectivity index (χ0n) is 18.7. The van der Waals surface area contributed by atoms with Crippen LogP contribution in [0.3, 0.4) is 0 Å². The van der Waals surface area contributed by atoms with E-state index in [1.54, 1.807) is 6.92 Å². The summed E-state index contributed by atoms with van der Waals surface area (Å²) in [5, 5.41) is 0. The third-order valence-electron chi connectivity index (χ3n) is 4.76. The van der Waals surface area contributed by atoms with Crippen molar-refractivity contribution >= 4 is 27.9 Å². The van der Waals surface area contributed by atoms with Crippen LogP contribution in [0, 0.1) is 18.2 Å². The first-order chi connectivity index (χ1) is 15.4. The molecule has 0 aliphatic rings. The maximum atomic E-state index is 14.7. The van der Waals surface area contributed by atoms with Crippen LogP contribution in [-0.4, -0.2) is 48.8 Å². The van der Waals surface area contributed by atoms with Gasteiger partial charge >= 0.3 is 0 Å². The van der Waals surface area contributed by atoms with Crippen molar-refractivity contribution in [3.8, 4) is 18.2 Å². The van der Waals surface area contributed by atoms with Crippen molar-refractivity contribution in [2.24, 2.45) is 10.7 Å². The van der Waals surface area contributed by atoms with Crippen molar-refractivity contribution in [2.75, 3.05) is 20.2 Å². The Hall–Kier alpha value is -3.52. The van der Waals surface area contributed by atoms with Gasteiger partial charge in [-0.3, -0.25) is 4.99 Å². The van der Waals surface area contributed by atoms with Crippen LogP contribution in [0.15, 0.2) is 35.6 Å². The van der Waals surface area contributed by atoms with Crippen LogP contribution >= 0.6 is 0 Å². The SMILES string of the molecule is C#CCOc1cnc(/C(F)=C/c2ccc(F)c(C(C)(C)S(=O)(=O)N(C)C(N)=NCC)c2)cn1. The minimum absolute atomic E-state index is 0.00542. The lowest BCUT2D eigenvalue weighted by molar-refractivity contribution is 0.353. The second-order valence-corrected chi connectivity index (χ2v) is 9.80. The molecule has 0 amide bonds. The van der Waals surface area contributed by atoms with E-state index in [0.717, 1.165) is 22.6 Å². The average Bonchev–Trinajstić information content (AvgIpc) is 2.78. The second-order valence-electron chi connectivity index (χ2n) is 7.28. The molecule has 0 aliphatic heterocycles. The number of ether oxygens (including phenoxy) is 1. The molecule has 0 atom stereocenters. The molecule has 33 heavy (non-hydrogen) atoms. The fourth-order valence-electron chi connectivity index (χ4n) is 2.81. The Balaban J connectivity index is 2.42. The van der Waals surface area contributed by atoms with Crippen molar-refractivity contribution < 1.29 is 21.9 Å². The standard InChI is InChI=1S/C22H25F2N5O3S/c1-6-10-32-20-14-27-19(13-28-20)18(24)12-15-8-9-17(23)16(11-15)22(3,4)33(30,31)29(5)21(25)26-7-2/h1,8-9,11-14H,7,10H2,2-5H3,(H2,25,26)/b18-12-. The van der Waals surface area contributed by atoms with E-state index in [4.69, 9.17) is 16.9 Å². The van der Waals surface area contributed by atoms with Crippen molar-refractivity contribution in [3.05, 3.63) is 53.2 Å². The number of aliphatic imine (C=N–C) groups is 1. The summed E-state index contributed by atoms with van der Waals surface area (Å²) in [6.45, 7) is 4.64. The molecule has 1 aromatic carbocycles. The van der Waals surface area contributed by atoms with Gasteiger partial charge in [0.1, 0.15) is 16.3 Å². The number of guanidine groups is 1. The van der Waals surface area contributed by atoms with Crippen LogP contribution in [0.25, 0.3) is 11.9 Å². The van der Waals surface area contributed by atoms with Gasteiger partial charge in [0.2, 0.25) is 21.9 Å². The molecule has 0 saturated heterocycles. The molecule has 1 aromatic heterocycles. The number of nitrogens with two attached hydrogens (primary N) is 1. The first-order valence-corrected chi connectivity index (χ1v) is 11.2. The highest BCUT2D eigenvalue weighted by Gasteiger charge is 2.42. The zero-order chi connectivity index (χ0) is 24.8. The van der Waals surface area contributed by atoms with Gasteiger partial charge < -0.3 is 10.5 Å². The maximum Gasteiger partial charge on any atom is 0.246 e. The molecule has 2 aromatic rings. The second kappa shape index (κ2) is 10.4. The van der Waals surface area contributed by atoms with E-state index in [1.165, 1.54) is 39.2 Å². The summed E-state index contributed by atoms with van der Waals surface area (Å²) in [5.74, 6) is 0.655. The van der Waals surface area contributed by atoms with E-state index in [1.807, 2.05) is 0 Å². The fraction of sp³-hybridized carbons (Fsp3) is 0.318. The lowest BCUT2D eigenvalue weighted by Crippen LogP contribution is -2.47. The highest BCUT2D eigenvalue weighted by Crippen LogP contribution is 2.34. The van der Waals surface area contributed by atoms with Gasteiger partial charge in [-0.2, -0.15) is 0 Å². The summed E-state index contributed by atoms with van der Waals surface area (Å²) in [4.78, 5) is 11.7. The zero-order valence-corrected chi connectivity index (χ0v) is 19.5. The van der Waals surface area contributed by atoms with Crippen LogP contribution in [-0.2, 0) is 14.8 Å². The fourth-order valence-corrected chi connectivity index (χ4v) is 4.23. The number of terminal acetylenes is 1. The minimum atomic E-state index is -4.17. The number of rotatable bonds is 8. The van der Waals surface area contributed by atoms with E-state index >= 15 is 0 Å². The normalized spacial score (nSPS) is 12.9. The molecular formula is C22H25F2N5O3S. The molecule has 0 radical (unpaired) electrons. The molecule has 0 saturated carbocycles. The van der Waals surface area contributed by atoms with Gasteiger partial charge in [0, 0.05) is 19.2 Å². The molecule has 2 rings (SSSR count). The lowest BCUT2D eigenvalue weighted by Gasteiger charge is -2.31. The molecule has 0 unspecified atom stereocenters. The predicted molar refractivity (Wildman–Crippen MR) is 124 cm³/mol. The quantitative estimate of drug-likeness (QED) is 0.356. The Morgan fingerprint density at radius 2 is 2.06 bits per heavy atom. The van der Waals surface area contributed by atoms with Gasteiger partial charge in [0.05, 0.1) is 12.4 Å². The van der Waals surface area contributed by atoms with Crippen LogP contribution in [0.2, 0.25) is 0 Å². The van der Waals surface area contributed by atoms with Crippen molar-refractivity contribution in [2.45, 2.75) is 25.5 Å². The first kappa shape index (κ1) is 25.7. The largest absolute Gasteiger partial charge is 0.463 e. The van der Waals surface area contributed by atoms with E-state index in [2.05, 4.69) is 20.9 Å². The number of sulfonamides is 1. The molecule has 176 valence electrons. The smallest absolute Gasteiger partial charge is 0.246 e. The summed E-state index contributed by atoms with van der Waals surface area (Å²) in [7, 11) is -2.93. The van der Waals surface area contributed by atoms with Crippen LogP contribution in [0.4, 0.5) is 8.78 Å². The van der Waals surface area contributed by atoms with Gasteiger partial charge in [-0.25, -0.2) is 31.5 Å². The number of hydrogen-bond donors (Lipinski definition) is 1. The van der Waals surface area contributed by atoms with Crippen molar-refractivity contribution in [1.82, 2.24) is 14.3 Å². The third-order valence-corrected chi connectivity index (χ3v) is 7.17. The van der Waals surface area contributed by atoms with Crippen LogP contribution in [0.5, 0.6) is 5.88 Å². The molecule has 0 bridgehead atoms. The summed E-state index contributed by atoms with van der Waals surface area (Å²) >= 11 is 0. The average molecular weight is 478 g/mol. The topological polar surface area (TPSA) is 111 Å². The molecule has 1 heterocycles. The van der Waals surface area contributed by atoms with Gasteiger partial charge in [0.15, 0.2) is 12.4 Å². The summed E-state index contributed by atoms with van der Waals surface area (Å²) < 4.78 is 59.9. The Morgan fingerprint density at radius 1 is 1.36 bits per heavy atom. The number of benzene rings is 1. The summed E-state index contributed by atoms with van der Waals surface area (Å²) in [6, 6.07) is 3.64. The van der Waals surface area contributed by atoms with Gasteiger partial charge in [-0.05, 0) is 44.5 Å². The summed E-state index contributed by atoms with van der Waals surface area (Å²) in [6.07, 6.45) is 8.55. The van der Waals surface area contributed by atoms with Crippen LogP contribution in [0.1, 0.15) is 37.6 Å². The van der Waals surface area contributed by atoms with E-state index in [-0.39, 0.29) is 41.8 Å². The molecular weight excluding hydrogens is 452 g/mol. The van der Waals surface area contributed by atoms with E-state index in [9.17, 15) is 17.2 Å². The Morgan fingerprint density at radius 3 is 2.64 bits per heavy atom. The first-order valence-electron chi connectivity index (χ1n) is 9.80. The molecule has 0 aliphatic carbocycles. The monoisotopic (exact) mass is 477 g/mol. The van der Waals surface area contributed by atoms with Crippen LogP contribution < -0.4 is 10.5 Å². The molecule has 2 N–H and O–H groups in total. The Labute approximate surface area is 192 Å². The van der Waals surface area contributed by atoms with Gasteiger partial charge in [-0.15, -0.1) is 6.42 Å². The maximum absolute atomic E-state index is 14.7. The molecule has 8 nitrogen and oxygen atoms in total. The highest BCUT2D eigenvalue weighted by molar-refractivity contribution is 7.90. The molecule has 0 fully saturated rings. The predicted octanol–water partition coefficient (Wildman–Crippen LogP) is 2.93. The number of halogens is 2. The minimum Gasteiger partial charge on any atom is -0.463 e.